The van der Waals surface area contributed by atoms with Crippen LogP contribution in [0.15, 0.2) is 54.6 Å². The fourth-order valence-electron chi connectivity index (χ4n) is 1.89. The first-order valence-electron chi connectivity index (χ1n) is 6.23. The van der Waals surface area contributed by atoms with Crippen LogP contribution in [0, 0.1) is 6.92 Å². The second-order valence-corrected chi connectivity index (χ2v) is 4.52. The highest BCUT2D eigenvalue weighted by molar-refractivity contribution is 5.81. The molecule has 0 aliphatic rings. The maximum absolute atomic E-state index is 11.8. The predicted octanol–water partition coefficient (Wildman–Crippen LogP) is 2.34. The van der Waals surface area contributed by atoms with Crippen LogP contribution in [0.5, 0.6) is 0 Å². The lowest BCUT2D eigenvalue weighted by atomic mass is 10.1. The van der Waals surface area contributed by atoms with Gasteiger partial charge in [0.05, 0.1) is 0 Å². The third-order valence-corrected chi connectivity index (χ3v) is 2.91. The lowest BCUT2D eigenvalue weighted by Gasteiger charge is -2.11. The Morgan fingerprint density at radius 2 is 1.89 bits per heavy atom. The van der Waals surface area contributed by atoms with Gasteiger partial charge in [-0.1, -0.05) is 60.2 Å². The first kappa shape index (κ1) is 13.3. The van der Waals surface area contributed by atoms with E-state index in [-0.39, 0.29) is 5.91 Å². The minimum Gasteiger partial charge on any atom is -0.378 e. The van der Waals surface area contributed by atoms with E-state index in [4.69, 9.17) is 0 Å². The van der Waals surface area contributed by atoms with Gasteiger partial charge in [-0.2, -0.15) is 0 Å². The molecule has 19 heavy (non-hydrogen) atoms. The molecule has 0 bridgehead atoms. The van der Waals surface area contributed by atoms with Crippen LogP contribution in [0.4, 0.5) is 0 Å². The van der Waals surface area contributed by atoms with Crippen LogP contribution in [0.3, 0.4) is 0 Å². The number of aliphatic hydroxyl groups excluding tert-OH is 1. The third-order valence-electron chi connectivity index (χ3n) is 2.91. The molecule has 3 heteroatoms. The lowest BCUT2D eigenvalue weighted by Crippen LogP contribution is -2.28. The highest BCUT2D eigenvalue weighted by atomic mass is 16.3. The molecule has 0 spiro atoms. The Bertz CT molecular complexity index is 552. The van der Waals surface area contributed by atoms with Gasteiger partial charge in [-0.3, -0.25) is 4.79 Å². The quantitative estimate of drug-likeness (QED) is 0.881. The van der Waals surface area contributed by atoms with Gasteiger partial charge in [0.2, 0.25) is 0 Å². The summed E-state index contributed by atoms with van der Waals surface area (Å²) in [6, 6.07) is 16.8. The van der Waals surface area contributed by atoms with Gasteiger partial charge >= 0.3 is 0 Å². The molecule has 1 atom stereocenters. The van der Waals surface area contributed by atoms with Crippen LogP contribution in [0.2, 0.25) is 0 Å². The molecule has 1 unspecified atom stereocenters. The average molecular weight is 255 g/mol. The van der Waals surface area contributed by atoms with Crippen molar-refractivity contribution in [3.63, 3.8) is 0 Å². The molecule has 0 aliphatic carbocycles. The van der Waals surface area contributed by atoms with Crippen LogP contribution in [0.25, 0.3) is 0 Å². The average Bonchev–Trinajstić information content (AvgIpc) is 2.45. The molecule has 2 aromatic rings. The Kier molecular flexibility index (Phi) is 4.31. The summed E-state index contributed by atoms with van der Waals surface area (Å²) < 4.78 is 0. The molecular weight excluding hydrogens is 238 g/mol. The number of rotatable bonds is 4. The Balaban J connectivity index is 1.95. The summed E-state index contributed by atoms with van der Waals surface area (Å²) in [7, 11) is 0. The normalized spacial score (nSPS) is 11.9. The lowest BCUT2D eigenvalue weighted by molar-refractivity contribution is -0.129. The molecule has 0 heterocycles. The second-order valence-electron chi connectivity index (χ2n) is 4.52. The molecule has 0 saturated carbocycles. The Labute approximate surface area is 112 Å². The molecule has 98 valence electrons. The van der Waals surface area contributed by atoms with Crippen molar-refractivity contribution in [3.05, 3.63) is 71.3 Å². The SMILES string of the molecule is Cc1cccc(CNC(=O)C(O)c2ccccc2)c1. The van der Waals surface area contributed by atoms with E-state index in [0.717, 1.165) is 11.1 Å². The van der Waals surface area contributed by atoms with E-state index >= 15 is 0 Å². The summed E-state index contributed by atoms with van der Waals surface area (Å²) in [6.07, 6.45) is -1.12. The van der Waals surface area contributed by atoms with Gasteiger partial charge in [0.1, 0.15) is 0 Å². The molecule has 0 radical (unpaired) electrons. The van der Waals surface area contributed by atoms with Crippen molar-refractivity contribution in [2.24, 2.45) is 0 Å². The van der Waals surface area contributed by atoms with Gasteiger partial charge in [0.15, 0.2) is 6.10 Å². The number of hydrogen-bond donors (Lipinski definition) is 2. The molecule has 2 aromatic carbocycles. The molecule has 0 fully saturated rings. The highest BCUT2D eigenvalue weighted by Crippen LogP contribution is 2.12. The summed E-state index contributed by atoms with van der Waals surface area (Å²) in [5.41, 5.74) is 2.77. The van der Waals surface area contributed by atoms with E-state index in [1.807, 2.05) is 37.3 Å². The monoisotopic (exact) mass is 255 g/mol. The van der Waals surface area contributed by atoms with Gasteiger partial charge in [-0.25, -0.2) is 0 Å². The van der Waals surface area contributed by atoms with Crippen molar-refractivity contribution in [2.75, 3.05) is 0 Å². The van der Waals surface area contributed by atoms with E-state index in [1.54, 1.807) is 24.3 Å². The first-order chi connectivity index (χ1) is 9.16. The Hall–Kier alpha value is -2.13. The van der Waals surface area contributed by atoms with E-state index < -0.39 is 6.10 Å². The third kappa shape index (κ3) is 3.66. The Morgan fingerprint density at radius 3 is 2.58 bits per heavy atom. The summed E-state index contributed by atoms with van der Waals surface area (Å²) in [5, 5.41) is 12.6. The van der Waals surface area contributed by atoms with Crippen LogP contribution in [-0.2, 0) is 11.3 Å². The molecular formula is C16H17NO2. The number of nitrogens with one attached hydrogen (secondary N) is 1. The topological polar surface area (TPSA) is 49.3 Å². The zero-order valence-corrected chi connectivity index (χ0v) is 10.8. The molecule has 0 saturated heterocycles. The van der Waals surface area contributed by atoms with Crippen molar-refractivity contribution < 1.29 is 9.90 Å². The zero-order valence-electron chi connectivity index (χ0n) is 10.8. The van der Waals surface area contributed by atoms with Gasteiger partial charge < -0.3 is 10.4 Å². The smallest absolute Gasteiger partial charge is 0.253 e. The maximum Gasteiger partial charge on any atom is 0.253 e. The van der Waals surface area contributed by atoms with Crippen molar-refractivity contribution >= 4 is 5.91 Å². The largest absolute Gasteiger partial charge is 0.378 e. The van der Waals surface area contributed by atoms with E-state index in [0.29, 0.717) is 12.1 Å². The molecule has 2 N–H and O–H groups in total. The van der Waals surface area contributed by atoms with Gasteiger partial charge in [0, 0.05) is 6.54 Å². The highest BCUT2D eigenvalue weighted by Gasteiger charge is 2.16. The number of amides is 1. The summed E-state index contributed by atoms with van der Waals surface area (Å²) in [6.45, 7) is 2.43. The van der Waals surface area contributed by atoms with Crippen LogP contribution in [0.1, 0.15) is 22.8 Å². The van der Waals surface area contributed by atoms with Gasteiger partial charge in [-0.05, 0) is 18.1 Å². The zero-order chi connectivity index (χ0) is 13.7. The summed E-state index contributed by atoms with van der Waals surface area (Å²) >= 11 is 0. The second kappa shape index (κ2) is 6.16. The van der Waals surface area contributed by atoms with E-state index in [1.165, 1.54) is 0 Å². The maximum atomic E-state index is 11.8. The fourth-order valence-corrected chi connectivity index (χ4v) is 1.89. The number of carbonyl (C=O) groups is 1. The number of benzene rings is 2. The minimum atomic E-state index is -1.12. The van der Waals surface area contributed by atoms with E-state index in [9.17, 15) is 9.90 Å². The van der Waals surface area contributed by atoms with Crippen LogP contribution in [-0.4, -0.2) is 11.0 Å². The molecule has 1 amide bonds. The predicted molar refractivity (Wildman–Crippen MR) is 74.4 cm³/mol. The summed E-state index contributed by atoms with van der Waals surface area (Å²) in [4.78, 5) is 11.8. The number of hydrogen-bond acceptors (Lipinski definition) is 2. The first-order valence-corrected chi connectivity index (χ1v) is 6.23. The van der Waals surface area contributed by atoms with Crippen molar-refractivity contribution in [2.45, 2.75) is 19.6 Å². The van der Waals surface area contributed by atoms with Crippen LogP contribution < -0.4 is 5.32 Å². The van der Waals surface area contributed by atoms with Crippen LogP contribution >= 0.6 is 0 Å². The number of aryl methyl sites for hydroxylation is 1. The fraction of sp³-hybridized carbons (Fsp3) is 0.188. The van der Waals surface area contributed by atoms with Gasteiger partial charge in [0.25, 0.3) is 5.91 Å². The number of aliphatic hydroxyl groups is 1. The standard InChI is InChI=1S/C16H17NO2/c1-12-6-5-7-13(10-12)11-17-16(19)15(18)14-8-3-2-4-9-14/h2-10,15,18H,11H2,1H3,(H,17,19). The molecule has 2 rings (SSSR count). The minimum absolute atomic E-state index is 0.382. The van der Waals surface area contributed by atoms with Crippen molar-refractivity contribution in [1.29, 1.82) is 0 Å². The molecule has 0 aliphatic heterocycles. The summed E-state index contributed by atoms with van der Waals surface area (Å²) in [5.74, 6) is -0.382. The molecule has 0 aromatic heterocycles. The molecule has 3 nitrogen and oxygen atoms in total. The van der Waals surface area contributed by atoms with Gasteiger partial charge in [-0.15, -0.1) is 0 Å². The Morgan fingerprint density at radius 1 is 1.16 bits per heavy atom. The number of carbonyl (C=O) groups excluding carboxylic acids is 1. The van der Waals surface area contributed by atoms with Crippen molar-refractivity contribution in [1.82, 2.24) is 5.32 Å². The van der Waals surface area contributed by atoms with E-state index in [2.05, 4.69) is 5.32 Å². The van der Waals surface area contributed by atoms with Crippen molar-refractivity contribution in [3.8, 4) is 0 Å².